The lowest BCUT2D eigenvalue weighted by Gasteiger charge is -2.22. The molecular weight excluding hydrogens is 340 g/mol. The van der Waals surface area contributed by atoms with Crippen molar-refractivity contribution in [2.24, 2.45) is 0 Å². The minimum Gasteiger partial charge on any atom is -0.325 e. The van der Waals surface area contributed by atoms with Crippen LogP contribution in [0.5, 0.6) is 0 Å². The summed E-state index contributed by atoms with van der Waals surface area (Å²) in [6.07, 6.45) is 1.06. The van der Waals surface area contributed by atoms with Crippen LogP contribution >= 0.6 is 0 Å². The summed E-state index contributed by atoms with van der Waals surface area (Å²) in [5.41, 5.74) is 2.36. The molecule has 0 aromatic heterocycles. The van der Waals surface area contributed by atoms with E-state index in [2.05, 4.69) is 5.32 Å². The average molecular weight is 360 g/mol. The number of hydrogen-bond acceptors (Lipinski definition) is 4. The highest BCUT2D eigenvalue weighted by Gasteiger charge is 2.21. The number of nitrogens with zero attached hydrogens (tertiary/aromatic N) is 1. The van der Waals surface area contributed by atoms with Gasteiger partial charge in [0.15, 0.2) is 5.78 Å². The van der Waals surface area contributed by atoms with E-state index < -0.39 is 15.9 Å². The number of hydrogen-bond donors (Lipinski definition) is 1. The summed E-state index contributed by atoms with van der Waals surface area (Å²) in [6.45, 7) is 2.97. The molecule has 25 heavy (non-hydrogen) atoms. The maximum atomic E-state index is 12.3. The van der Waals surface area contributed by atoms with Crippen LogP contribution in [0, 0.1) is 6.92 Å². The Hall–Kier alpha value is -2.67. The zero-order chi connectivity index (χ0) is 18.6. The molecule has 0 bridgehead atoms. The maximum Gasteiger partial charge on any atom is 0.245 e. The van der Waals surface area contributed by atoms with Crippen LogP contribution in [0.25, 0.3) is 0 Å². The van der Waals surface area contributed by atoms with Crippen LogP contribution in [0.1, 0.15) is 22.8 Å². The third-order valence-electron chi connectivity index (χ3n) is 3.55. The first-order valence-corrected chi connectivity index (χ1v) is 9.47. The Kier molecular flexibility index (Phi) is 5.58. The molecule has 1 N–H and O–H groups in total. The van der Waals surface area contributed by atoms with Crippen LogP contribution in [0.2, 0.25) is 0 Å². The Morgan fingerprint density at radius 2 is 1.72 bits per heavy atom. The Morgan fingerprint density at radius 1 is 1.08 bits per heavy atom. The quantitative estimate of drug-likeness (QED) is 0.803. The fourth-order valence-electron chi connectivity index (χ4n) is 2.30. The predicted molar refractivity (Wildman–Crippen MR) is 98.4 cm³/mol. The van der Waals surface area contributed by atoms with Gasteiger partial charge in [-0.05, 0) is 55.8 Å². The van der Waals surface area contributed by atoms with Crippen LogP contribution in [0.3, 0.4) is 0 Å². The molecule has 0 fully saturated rings. The summed E-state index contributed by atoms with van der Waals surface area (Å²) in [5, 5.41) is 2.64. The zero-order valence-corrected chi connectivity index (χ0v) is 15.1. The van der Waals surface area contributed by atoms with Gasteiger partial charge >= 0.3 is 0 Å². The lowest BCUT2D eigenvalue weighted by Crippen LogP contribution is -2.37. The highest BCUT2D eigenvalue weighted by atomic mass is 32.2. The van der Waals surface area contributed by atoms with E-state index in [4.69, 9.17) is 0 Å². The second-order valence-corrected chi connectivity index (χ2v) is 7.70. The summed E-state index contributed by atoms with van der Waals surface area (Å²) in [7, 11) is -3.61. The first-order chi connectivity index (χ1) is 11.7. The van der Waals surface area contributed by atoms with Crippen molar-refractivity contribution in [1.29, 1.82) is 0 Å². The molecule has 2 rings (SSSR count). The number of rotatable bonds is 6. The number of carbonyl (C=O) groups is 2. The number of carbonyl (C=O) groups excluding carboxylic acids is 2. The lowest BCUT2D eigenvalue weighted by atomic mass is 10.1. The number of sulfonamides is 1. The number of amides is 1. The Morgan fingerprint density at radius 3 is 2.24 bits per heavy atom. The SMILES string of the molecule is CC(=O)c1ccc(NC(=O)CN(c2cccc(C)c2)S(C)(=O)=O)cc1. The van der Waals surface area contributed by atoms with Gasteiger partial charge in [-0.3, -0.25) is 13.9 Å². The molecule has 0 aliphatic rings. The van der Waals surface area contributed by atoms with Gasteiger partial charge in [-0.25, -0.2) is 8.42 Å². The number of aryl methyl sites for hydroxylation is 1. The molecule has 0 spiro atoms. The molecule has 0 radical (unpaired) electrons. The third-order valence-corrected chi connectivity index (χ3v) is 4.69. The van der Waals surface area contributed by atoms with Crippen LogP contribution in [-0.2, 0) is 14.8 Å². The van der Waals surface area contributed by atoms with Gasteiger partial charge in [0.1, 0.15) is 6.54 Å². The van der Waals surface area contributed by atoms with Crippen LogP contribution < -0.4 is 9.62 Å². The molecule has 2 aromatic rings. The summed E-state index contributed by atoms with van der Waals surface area (Å²) in [6, 6.07) is 13.3. The van der Waals surface area contributed by atoms with Gasteiger partial charge in [0.05, 0.1) is 11.9 Å². The van der Waals surface area contributed by atoms with E-state index in [9.17, 15) is 18.0 Å². The maximum absolute atomic E-state index is 12.3. The second-order valence-electron chi connectivity index (χ2n) is 5.79. The van der Waals surface area contributed by atoms with Crippen molar-refractivity contribution in [3.8, 4) is 0 Å². The standard InChI is InChI=1S/C18H20N2O4S/c1-13-5-4-6-17(11-13)20(25(3,23)24)12-18(22)19-16-9-7-15(8-10-16)14(2)21/h4-11H,12H2,1-3H3,(H,19,22). The van der Waals surface area contributed by atoms with E-state index in [0.29, 0.717) is 16.9 Å². The van der Waals surface area contributed by atoms with Crippen LogP contribution in [0.15, 0.2) is 48.5 Å². The highest BCUT2D eigenvalue weighted by Crippen LogP contribution is 2.19. The van der Waals surface area contributed by atoms with Gasteiger partial charge in [-0.1, -0.05) is 12.1 Å². The molecule has 0 saturated carbocycles. The van der Waals surface area contributed by atoms with Gasteiger partial charge in [-0.15, -0.1) is 0 Å². The number of ketones is 1. The summed E-state index contributed by atoms with van der Waals surface area (Å²) < 4.78 is 25.2. The highest BCUT2D eigenvalue weighted by molar-refractivity contribution is 7.92. The van der Waals surface area contributed by atoms with Gasteiger partial charge in [0.2, 0.25) is 15.9 Å². The molecule has 0 saturated heterocycles. The van der Waals surface area contributed by atoms with Gasteiger partial charge in [0.25, 0.3) is 0 Å². The Labute approximate surface area is 147 Å². The lowest BCUT2D eigenvalue weighted by molar-refractivity contribution is -0.114. The normalized spacial score (nSPS) is 11.0. The zero-order valence-electron chi connectivity index (χ0n) is 14.3. The fraction of sp³-hybridized carbons (Fsp3) is 0.222. The van der Waals surface area contributed by atoms with E-state index in [1.807, 2.05) is 13.0 Å². The first kappa shape index (κ1) is 18.7. The van der Waals surface area contributed by atoms with Gasteiger partial charge < -0.3 is 5.32 Å². The number of benzene rings is 2. The largest absolute Gasteiger partial charge is 0.325 e. The minimum atomic E-state index is -3.61. The van der Waals surface area contributed by atoms with Crippen molar-refractivity contribution in [3.05, 3.63) is 59.7 Å². The van der Waals surface area contributed by atoms with E-state index in [1.54, 1.807) is 42.5 Å². The molecule has 132 valence electrons. The summed E-state index contributed by atoms with van der Waals surface area (Å²) in [4.78, 5) is 23.5. The van der Waals surface area contributed by atoms with E-state index in [0.717, 1.165) is 16.1 Å². The van der Waals surface area contributed by atoms with Crippen molar-refractivity contribution >= 4 is 33.1 Å². The third kappa shape index (κ3) is 5.15. The minimum absolute atomic E-state index is 0.0689. The van der Waals surface area contributed by atoms with Gasteiger partial charge in [-0.2, -0.15) is 0 Å². The number of anilines is 2. The van der Waals surface area contributed by atoms with E-state index in [-0.39, 0.29) is 12.3 Å². The van der Waals surface area contributed by atoms with Gasteiger partial charge in [0, 0.05) is 11.3 Å². The number of Topliss-reactive ketones (excluding diaryl/α,β-unsaturated/α-hetero) is 1. The molecule has 2 aromatic carbocycles. The molecule has 1 amide bonds. The van der Waals surface area contributed by atoms with Crippen molar-refractivity contribution in [2.75, 3.05) is 22.4 Å². The van der Waals surface area contributed by atoms with E-state index >= 15 is 0 Å². The van der Waals surface area contributed by atoms with Crippen LogP contribution in [-0.4, -0.2) is 32.9 Å². The molecule has 7 heteroatoms. The Bertz CT molecular complexity index is 890. The topological polar surface area (TPSA) is 83.6 Å². The molecule has 0 unspecified atom stereocenters. The molecule has 0 heterocycles. The monoisotopic (exact) mass is 360 g/mol. The molecule has 6 nitrogen and oxygen atoms in total. The first-order valence-electron chi connectivity index (χ1n) is 7.62. The van der Waals surface area contributed by atoms with Crippen molar-refractivity contribution in [3.63, 3.8) is 0 Å². The van der Waals surface area contributed by atoms with Crippen molar-refractivity contribution in [1.82, 2.24) is 0 Å². The molecule has 0 atom stereocenters. The molecule has 0 aliphatic carbocycles. The smallest absolute Gasteiger partial charge is 0.245 e. The molecule has 0 aliphatic heterocycles. The molecular formula is C18H20N2O4S. The van der Waals surface area contributed by atoms with E-state index in [1.165, 1.54) is 6.92 Å². The van der Waals surface area contributed by atoms with Crippen molar-refractivity contribution in [2.45, 2.75) is 13.8 Å². The summed E-state index contributed by atoms with van der Waals surface area (Å²) in [5.74, 6) is -0.539. The summed E-state index contributed by atoms with van der Waals surface area (Å²) >= 11 is 0. The second kappa shape index (κ2) is 7.48. The van der Waals surface area contributed by atoms with Crippen LogP contribution in [0.4, 0.5) is 11.4 Å². The van der Waals surface area contributed by atoms with Crippen molar-refractivity contribution < 1.29 is 18.0 Å². The fourth-order valence-corrected chi connectivity index (χ4v) is 3.15. The predicted octanol–water partition coefficient (Wildman–Crippen LogP) is 2.60. The number of nitrogens with one attached hydrogen (secondary N) is 1. The Balaban J connectivity index is 2.16. The average Bonchev–Trinajstić information content (AvgIpc) is 2.52.